The third-order valence-electron chi connectivity index (χ3n) is 3.07. The van der Waals surface area contributed by atoms with Crippen LogP contribution >= 0.6 is 15.9 Å². The van der Waals surface area contributed by atoms with Crippen molar-refractivity contribution in [3.63, 3.8) is 0 Å². The number of furan rings is 1. The number of hydrogen-bond acceptors (Lipinski definition) is 2. The molecule has 4 heteroatoms. The molecule has 0 atom stereocenters. The van der Waals surface area contributed by atoms with E-state index < -0.39 is 0 Å². The van der Waals surface area contributed by atoms with Crippen molar-refractivity contribution in [1.29, 1.82) is 0 Å². The summed E-state index contributed by atoms with van der Waals surface area (Å²) in [6.07, 6.45) is 5.49. The van der Waals surface area contributed by atoms with Crippen LogP contribution in [0.1, 0.15) is 17.1 Å². The first-order valence-electron chi connectivity index (χ1n) is 5.90. The van der Waals surface area contributed by atoms with Crippen LogP contribution < -0.4 is 0 Å². The number of imidazole rings is 1. The van der Waals surface area contributed by atoms with Gasteiger partial charge in [0.15, 0.2) is 0 Å². The van der Waals surface area contributed by atoms with Crippen molar-refractivity contribution in [2.75, 3.05) is 0 Å². The maximum absolute atomic E-state index is 5.35. The Morgan fingerprint density at radius 2 is 2.17 bits per heavy atom. The molecule has 3 aromatic heterocycles. The molecule has 0 aliphatic heterocycles. The van der Waals surface area contributed by atoms with Gasteiger partial charge < -0.3 is 8.82 Å². The van der Waals surface area contributed by atoms with Gasteiger partial charge in [-0.25, -0.2) is 4.98 Å². The smallest absolute Gasteiger partial charge is 0.132 e. The second-order valence-corrected chi connectivity index (χ2v) is 5.06. The van der Waals surface area contributed by atoms with Crippen LogP contribution in [0.2, 0.25) is 0 Å². The van der Waals surface area contributed by atoms with E-state index in [2.05, 4.69) is 44.5 Å². The lowest BCUT2D eigenvalue weighted by atomic mass is 10.2. The minimum atomic E-state index is 0.865. The molecule has 3 heterocycles. The molecule has 0 aromatic carbocycles. The number of aromatic nitrogens is 2. The van der Waals surface area contributed by atoms with E-state index in [-0.39, 0.29) is 0 Å². The zero-order valence-corrected chi connectivity index (χ0v) is 11.6. The first-order chi connectivity index (χ1) is 8.75. The predicted octanol–water partition coefficient (Wildman–Crippen LogP) is 3.78. The zero-order chi connectivity index (χ0) is 12.5. The Morgan fingerprint density at radius 1 is 1.28 bits per heavy atom. The molecule has 0 spiro atoms. The number of rotatable bonds is 3. The molecule has 0 radical (unpaired) electrons. The Labute approximate surface area is 114 Å². The van der Waals surface area contributed by atoms with Gasteiger partial charge in [-0.1, -0.05) is 6.07 Å². The van der Waals surface area contributed by atoms with Gasteiger partial charge in [-0.2, -0.15) is 0 Å². The molecule has 0 aliphatic carbocycles. The summed E-state index contributed by atoms with van der Waals surface area (Å²) in [6.45, 7) is 2.10. The summed E-state index contributed by atoms with van der Waals surface area (Å²) in [4.78, 5) is 4.59. The summed E-state index contributed by atoms with van der Waals surface area (Å²) in [7, 11) is 0. The molecule has 0 saturated heterocycles. The lowest BCUT2D eigenvalue weighted by Crippen LogP contribution is -1.97. The fraction of sp³-hybridized carbons (Fsp3) is 0.214. The van der Waals surface area contributed by atoms with Crippen LogP contribution in [0.5, 0.6) is 0 Å². The Hall–Kier alpha value is -1.55. The number of hydrogen-bond donors (Lipinski definition) is 0. The van der Waals surface area contributed by atoms with Crippen LogP contribution in [-0.4, -0.2) is 9.38 Å². The van der Waals surface area contributed by atoms with Crippen molar-refractivity contribution in [3.8, 4) is 0 Å². The monoisotopic (exact) mass is 304 g/mol. The third kappa shape index (κ3) is 1.97. The highest BCUT2D eigenvalue weighted by Gasteiger charge is 2.11. The largest absolute Gasteiger partial charge is 0.469 e. The summed E-state index contributed by atoms with van der Waals surface area (Å²) < 4.78 is 8.40. The van der Waals surface area contributed by atoms with Crippen LogP contribution in [0, 0.1) is 6.92 Å². The van der Waals surface area contributed by atoms with E-state index >= 15 is 0 Å². The number of nitrogens with zero attached hydrogens (tertiary/aromatic N) is 2. The summed E-state index contributed by atoms with van der Waals surface area (Å²) in [6, 6.07) is 8.06. The summed E-state index contributed by atoms with van der Waals surface area (Å²) in [5.41, 5.74) is 2.37. The highest BCUT2D eigenvalue weighted by atomic mass is 79.9. The topological polar surface area (TPSA) is 30.4 Å². The van der Waals surface area contributed by atoms with Crippen LogP contribution in [0.25, 0.3) is 5.52 Å². The SMILES string of the molecule is Cc1cccn2c(CCc3ccco3)nc(Br)c12. The highest BCUT2D eigenvalue weighted by molar-refractivity contribution is 9.10. The number of halogens is 1. The first-order valence-corrected chi connectivity index (χ1v) is 6.69. The van der Waals surface area contributed by atoms with Crippen molar-refractivity contribution < 1.29 is 4.42 Å². The second-order valence-electron chi connectivity index (χ2n) is 4.31. The second kappa shape index (κ2) is 4.61. The summed E-state index contributed by atoms with van der Waals surface area (Å²) in [5, 5.41) is 0. The van der Waals surface area contributed by atoms with Gasteiger partial charge in [0.2, 0.25) is 0 Å². The summed E-state index contributed by atoms with van der Waals surface area (Å²) in [5.74, 6) is 2.05. The molecular formula is C14H13BrN2O. The molecular weight excluding hydrogens is 292 g/mol. The van der Waals surface area contributed by atoms with E-state index in [1.54, 1.807) is 6.26 Å². The van der Waals surface area contributed by atoms with E-state index in [0.29, 0.717) is 0 Å². The first kappa shape index (κ1) is 11.5. The average Bonchev–Trinajstić information content (AvgIpc) is 2.96. The van der Waals surface area contributed by atoms with Gasteiger partial charge in [0.25, 0.3) is 0 Å². The fourth-order valence-electron chi connectivity index (χ4n) is 2.18. The lowest BCUT2D eigenvalue weighted by Gasteiger charge is -2.01. The molecule has 3 aromatic rings. The van der Waals surface area contributed by atoms with Crippen molar-refractivity contribution in [2.24, 2.45) is 0 Å². The van der Waals surface area contributed by atoms with Crippen LogP contribution in [-0.2, 0) is 12.8 Å². The van der Waals surface area contributed by atoms with Gasteiger partial charge in [-0.15, -0.1) is 0 Å². The minimum absolute atomic E-state index is 0.865. The minimum Gasteiger partial charge on any atom is -0.469 e. The van der Waals surface area contributed by atoms with E-state index in [0.717, 1.165) is 34.5 Å². The molecule has 0 amide bonds. The van der Waals surface area contributed by atoms with Gasteiger partial charge in [-0.05, 0) is 46.6 Å². The standard InChI is InChI=1S/C14H13BrN2O/c1-10-4-2-8-17-12(16-14(15)13(10)17)7-6-11-5-3-9-18-11/h2-5,8-9H,6-7H2,1H3. The molecule has 92 valence electrons. The van der Waals surface area contributed by atoms with Crippen molar-refractivity contribution in [2.45, 2.75) is 19.8 Å². The van der Waals surface area contributed by atoms with Crippen LogP contribution in [0.15, 0.2) is 45.7 Å². The van der Waals surface area contributed by atoms with Crippen LogP contribution in [0.3, 0.4) is 0 Å². The van der Waals surface area contributed by atoms with E-state index in [9.17, 15) is 0 Å². The maximum atomic E-state index is 5.35. The third-order valence-corrected chi connectivity index (χ3v) is 3.62. The highest BCUT2D eigenvalue weighted by Crippen LogP contribution is 2.22. The fourth-order valence-corrected chi connectivity index (χ4v) is 2.89. The molecule has 18 heavy (non-hydrogen) atoms. The van der Waals surface area contributed by atoms with Gasteiger partial charge in [0.1, 0.15) is 16.2 Å². The normalized spacial score (nSPS) is 11.2. The van der Waals surface area contributed by atoms with Gasteiger partial charge in [-0.3, -0.25) is 0 Å². The Balaban J connectivity index is 1.95. The Bertz CT molecular complexity index is 670. The number of fused-ring (bicyclic) bond motifs is 1. The van der Waals surface area contributed by atoms with Gasteiger partial charge in [0.05, 0.1) is 11.8 Å². The zero-order valence-electron chi connectivity index (χ0n) is 10.1. The molecule has 0 fully saturated rings. The molecule has 3 nitrogen and oxygen atoms in total. The number of aryl methyl sites for hydroxylation is 3. The van der Waals surface area contributed by atoms with Crippen molar-refractivity contribution in [3.05, 3.63) is 58.5 Å². The lowest BCUT2D eigenvalue weighted by molar-refractivity contribution is 0.506. The van der Waals surface area contributed by atoms with Gasteiger partial charge in [0, 0.05) is 19.0 Å². The van der Waals surface area contributed by atoms with Gasteiger partial charge >= 0.3 is 0 Å². The van der Waals surface area contributed by atoms with Crippen molar-refractivity contribution >= 4 is 21.4 Å². The molecule has 0 saturated carbocycles. The molecule has 0 aliphatic rings. The molecule has 0 N–H and O–H groups in total. The number of pyridine rings is 1. The summed E-state index contributed by atoms with van der Waals surface area (Å²) >= 11 is 3.53. The average molecular weight is 305 g/mol. The van der Waals surface area contributed by atoms with E-state index in [4.69, 9.17) is 4.42 Å². The maximum Gasteiger partial charge on any atom is 0.132 e. The van der Waals surface area contributed by atoms with Crippen LogP contribution in [0.4, 0.5) is 0 Å². The van der Waals surface area contributed by atoms with Crippen molar-refractivity contribution in [1.82, 2.24) is 9.38 Å². The Morgan fingerprint density at radius 3 is 2.94 bits per heavy atom. The Kier molecular flexibility index (Phi) is 2.96. The molecule has 0 bridgehead atoms. The molecule has 0 unspecified atom stereocenters. The quantitative estimate of drug-likeness (QED) is 0.737. The van der Waals surface area contributed by atoms with E-state index in [1.807, 2.05) is 18.2 Å². The van der Waals surface area contributed by atoms with E-state index in [1.165, 1.54) is 5.56 Å². The molecule has 3 rings (SSSR count). The predicted molar refractivity (Wildman–Crippen MR) is 73.7 cm³/mol.